The Balaban J connectivity index is 0.00000128. The maximum Gasteiger partial charge on any atom is 0.167 e. The van der Waals surface area contributed by atoms with Gasteiger partial charge in [0, 0.05) is 32.7 Å². The molecule has 2 aromatic carbocycles. The van der Waals surface area contributed by atoms with Crippen molar-refractivity contribution in [2.24, 2.45) is 0 Å². The molecule has 0 bridgehead atoms. The van der Waals surface area contributed by atoms with Crippen molar-refractivity contribution in [1.82, 2.24) is 0 Å². The molecule has 2 nitrogen and oxygen atoms in total. The van der Waals surface area contributed by atoms with E-state index in [4.69, 9.17) is 0 Å². The number of anilines is 1. The summed E-state index contributed by atoms with van der Waals surface area (Å²) in [6.07, 6.45) is 0. The minimum absolute atomic E-state index is 0. The molecule has 2 rings (SSSR count). The fourth-order valence-corrected chi connectivity index (χ4v) is 1.20. The summed E-state index contributed by atoms with van der Waals surface area (Å²) >= 11 is 0. The SMILES string of the molecule is O=C(Nc1[c-]cccc1)c1[c-]cccc1.[Y]. The van der Waals surface area contributed by atoms with E-state index in [1.54, 1.807) is 30.3 Å². The van der Waals surface area contributed by atoms with Crippen molar-refractivity contribution in [2.75, 3.05) is 5.32 Å². The molecular formula is C13H9NOY-2. The van der Waals surface area contributed by atoms with Crippen LogP contribution in [0, 0.1) is 12.1 Å². The molecule has 1 radical (unpaired) electrons. The first-order valence-electron chi connectivity index (χ1n) is 4.61. The van der Waals surface area contributed by atoms with E-state index in [1.807, 2.05) is 18.2 Å². The number of rotatable bonds is 2. The fourth-order valence-electron chi connectivity index (χ4n) is 1.20. The largest absolute Gasteiger partial charge is 0.384 e. The van der Waals surface area contributed by atoms with Crippen molar-refractivity contribution in [3.8, 4) is 0 Å². The third-order valence-electron chi connectivity index (χ3n) is 1.91. The van der Waals surface area contributed by atoms with E-state index < -0.39 is 0 Å². The Kier molecular flexibility index (Phi) is 5.37. The molecule has 0 aliphatic heterocycles. The van der Waals surface area contributed by atoms with Gasteiger partial charge in [0.05, 0.1) is 0 Å². The van der Waals surface area contributed by atoms with Crippen molar-refractivity contribution in [2.45, 2.75) is 0 Å². The summed E-state index contributed by atoms with van der Waals surface area (Å²) in [6, 6.07) is 20.1. The van der Waals surface area contributed by atoms with Gasteiger partial charge in [0.2, 0.25) is 0 Å². The third-order valence-corrected chi connectivity index (χ3v) is 1.91. The number of para-hydroxylation sites is 1. The van der Waals surface area contributed by atoms with E-state index in [2.05, 4.69) is 17.4 Å². The standard InChI is InChI=1S/C13H9NO.Y/c15-13(11-7-3-1-4-8-11)14-12-9-5-2-6-10-12;/h1-7,9H,(H,14,15);/q-2;. The van der Waals surface area contributed by atoms with Crippen LogP contribution in [0.25, 0.3) is 0 Å². The number of amides is 1. The van der Waals surface area contributed by atoms with Crippen LogP contribution in [0.2, 0.25) is 0 Å². The molecule has 0 heterocycles. The van der Waals surface area contributed by atoms with Crippen LogP contribution in [-0.4, -0.2) is 5.91 Å². The van der Waals surface area contributed by atoms with Gasteiger partial charge in [-0.15, -0.1) is 36.4 Å². The average Bonchev–Trinajstić information content (AvgIpc) is 2.31. The van der Waals surface area contributed by atoms with E-state index in [1.165, 1.54) is 0 Å². The van der Waals surface area contributed by atoms with Gasteiger partial charge in [0.25, 0.3) is 0 Å². The molecule has 0 fully saturated rings. The molecular weight excluding hydrogens is 275 g/mol. The van der Waals surface area contributed by atoms with E-state index in [-0.39, 0.29) is 38.6 Å². The summed E-state index contributed by atoms with van der Waals surface area (Å²) in [5.41, 5.74) is 1.19. The Morgan fingerprint density at radius 1 is 1.00 bits per heavy atom. The van der Waals surface area contributed by atoms with Crippen LogP contribution >= 0.6 is 0 Å². The van der Waals surface area contributed by atoms with Crippen LogP contribution in [0.15, 0.2) is 48.5 Å². The minimum atomic E-state index is -0.168. The van der Waals surface area contributed by atoms with Crippen molar-refractivity contribution in [1.29, 1.82) is 0 Å². The van der Waals surface area contributed by atoms with Crippen LogP contribution in [0.5, 0.6) is 0 Å². The molecule has 0 aromatic heterocycles. The average molecular weight is 284 g/mol. The van der Waals surface area contributed by atoms with Gasteiger partial charge >= 0.3 is 0 Å². The second-order valence-electron chi connectivity index (χ2n) is 3.01. The Morgan fingerprint density at radius 2 is 1.69 bits per heavy atom. The number of carbonyl (C=O) groups excluding carboxylic acids is 1. The zero-order chi connectivity index (χ0) is 10.5. The zero-order valence-electron chi connectivity index (χ0n) is 8.60. The number of carbonyl (C=O) groups is 1. The molecule has 77 valence electrons. The second-order valence-corrected chi connectivity index (χ2v) is 3.01. The maximum atomic E-state index is 11.7. The summed E-state index contributed by atoms with van der Waals surface area (Å²) < 4.78 is 0. The molecule has 0 spiro atoms. The van der Waals surface area contributed by atoms with Crippen molar-refractivity contribution in [3.05, 3.63) is 66.2 Å². The van der Waals surface area contributed by atoms with Crippen LogP contribution in [0.4, 0.5) is 5.69 Å². The molecule has 0 aliphatic rings. The number of benzene rings is 2. The summed E-state index contributed by atoms with van der Waals surface area (Å²) in [5.74, 6) is -0.168. The Labute approximate surface area is 120 Å². The van der Waals surface area contributed by atoms with Gasteiger partial charge in [-0.2, -0.15) is 24.3 Å². The zero-order valence-corrected chi connectivity index (χ0v) is 11.4. The topological polar surface area (TPSA) is 29.1 Å². The van der Waals surface area contributed by atoms with Crippen LogP contribution < -0.4 is 5.32 Å². The van der Waals surface area contributed by atoms with Gasteiger partial charge in [0.15, 0.2) is 5.91 Å². The first kappa shape index (κ1) is 13.1. The molecule has 0 aliphatic carbocycles. The van der Waals surface area contributed by atoms with Gasteiger partial charge in [-0.05, 0) is 0 Å². The number of nitrogens with one attached hydrogen (secondary N) is 1. The van der Waals surface area contributed by atoms with Gasteiger partial charge in [-0.3, -0.25) is 0 Å². The summed E-state index contributed by atoms with van der Waals surface area (Å²) in [7, 11) is 0. The molecule has 2 aromatic rings. The quantitative estimate of drug-likeness (QED) is 0.844. The van der Waals surface area contributed by atoms with Gasteiger partial charge in [-0.25, -0.2) is 0 Å². The van der Waals surface area contributed by atoms with Crippen LogP contribution in [0.1, 0.15) is 10.4 Å². The Morgan fingerprint density at radius 3 is 2.25 bits per heavy atom. The van der Waals surface area contributed by atoms with Gasteiger partial charge in [0.1, 0.15) is 0 Å². The molecule has 0 saturated carbocycles. The molecule has 0 atom stereocenters. The summed E-state index contributed by atoms with van der Waals surface area (Å²) in [6.45, 7) is 0. The molecule has 1 amide bonds. The van der Waals surface area contributed by atoms with Crippen molar-refractivity contribution in [3.63, 3.8) is 0 Å². The third kappa shape index (κ3) is 3.55. The molecule has 0 saturated heterocycles. The predicted octanol–water partition coefficient (Wildman–Crippen LogP) is 2.54. The van der Waals surface area contributed by atoms with Crippen molar-refractivity contribution < 1.29 is 37.5 Å². The first-order valence-corrected chi connectivity index (χ1v) is 4.61. The minimum Gasteiger partial charge on any atom is -0.384 e. The van der Waals surface area contributed by atoms with Gasteiger partial charge < -0.3 is 10.1 Å². The predicted molar refractivity (Wildman–Crippen MR) is 58.5 cm³/mol. The van der Waals surface area contributed by atoms with Crippen LogP contribution in [-0.2, 0) is 32.7 Å². The number of hydrogen-bond acceptors (Lipinski definition) is 1. The molecule has 1 N–H and O–H groups in total. The van der Waals surface area contributed by atoms with Gasteiger partial charge in [-0.1, -0.05) is 11.3 Å². The molecule has 16 heavy (non-hydrogen) atoms. The molecule has 0 unspecified atom stereocenters. The smallest absolute Gasteiger partial charge is 0.167 e. The van der Waals surface area contributed by atoms with E-state index >= 15 is 0 Å². The first-order chi connectivity index (χ1) is 7.36. The second kappa shape index (κ2) is 6.56. The Hall–Kier alpha value is -0.986. The summed E-state index contributed by atoms with van der Waals surface area (Å²) in [4.78, 5) is 11.7. The van der Waals surface area contributed by atoms with Crippen molar-refractivity contribution >= 4 is 11.6 Å². The van der Waals surface area contributed by atoms with E-state index in [9.17, 15) is 4.79 Å². The maximum absolute atomic E-state index is 11.7. The van der Waals surface area contributed by atoms with Crippen LogP contribution in [0.3, 0.4) is 0 Å². The van der Waals surface area contributed by atoms with E-state index in [0.29, 0.717) is 11.3 Å². The fraction of sp³-hybridized carbons (Fsp3) is 0. The monoisotopic (exact) mass is 284 g/mol. The molecule has 3 heteroatoms. The Bertz CT molecular complexity index is 442. The number of hydrogen-bond donors (Lipinski definition) is 1. The summed E-state index contributed by atoms with van der Waals surface area (Å²) in [5, 5.41) is 2.73. The van der Waals surface area contributed by atoms with E-state index in [0.717, 1.165) is 0 Å². The normalized spacial score (nSPS) is 9.00.